The minimum atomic E-state index is -0.863. The van der Waals surface area contributed by atoms with Crippen molar-refractivity contribution in [1.29, 1.82) is 0 Å². The molecule has 0 aliphatic carbocycles. The Morgan fingerprint density at radius 1 is 1.12 bits per heavy atom. The number of hydrogen-bond acceptors (Lipinski definition) is 4. The Morgan fingerprint density at radius 2 is 1.84 bits per heavy atom. The molecule has 3 amide bonds. The van der Waals surface area contributed by atoms with Gasteiger partial charge in [-0.2, -0.15) is 0 Å². The average molecular weight is 440 g/mol. The fourth-order valence-corrected chi connectivity index (χ4v) is 4.05. The molecule has 1 saturated heterocycles. The number of rotatable bonds is 4. The van der Waals surface area contributed by atoms with E-state index in [0.29, 0.717) is 31.0 Å². The monoisotopic (exact) mass is 439 g/mol. The molecule has 1 fully saturated rings. The number of benzene rings is 1. The Morgan fingerprint density at radius 3 is 2.47 bits per heavy atom. The minimum Gasteiger partial charge on any atom is -0.465 e. The van der Waals surface area contributed by atoms with Crippen LogP contribution in [0.15, 0.2) is 42.6 Å². The van der Waals surface area contributed by atoms with E-state index in [1.165, 1.54) is 0 Å². The number of aryl methyl sites for hydroxylation is 1. The smallest absolute Gasteiger partial charge is 0.407 e. The van der Waals surface area contributed by atoms with Gasteiger partial charge in [-0.25, -0.2) is 9.59 Å². The molecule has 8 heteroatoms. The Bertz CT molecular complexity index is 955. The van der Waals surface area contributed by atoms with Crippen molar-refractivity contribution in [1.82, 2.24) is 14.8 Å². The van der Waals surface area contributed by atoms with Crippen LogP contribution in [-0.4, -0.2) is 57.7 Å². The van der Waals surface area contributed by atoms with E-state index < -0.39 is 6.09 Å². The molecule has 0 radical (unpaired) electrons. The van der Waals surface area contributed by atoms with E-state index in [-0.39, 0.29) is 23.5 Å². The molecule has 1 aliphatic heterocycles. The number of nitrogens with zero attached hydrogens (tertiary/aromatic N) is 3. The predicted octanol–water partition coefficient (Wildman–Crippen LogP) is 4.81. The second-order valence-electron chi connectivity index (χ2n) is 9.42. The maximum absolute atomic E-state index is 12.4. The minimum absolute atomic E-state index is 0.0851. The van der Waals surface area contributed by atoms with Crippen LogP contribution < -0.4 is 10.6 Å². The number of piperazine rings is 1. The van der Waals surface area contributed by atoms with Crippen LogP contribution in [0.25, 0.3) is 0 Å². The van der Waals surface area contributed by atoms with Crippen molar-refractivity contribution in [2.45, 2.75) is 46.7 Å². The Hall–Kier alpha value is -3.13. The maximum Gasteiger partial charge on any atom is 0.407 e. The first kappa shape index (κ1) is 23.5. The second kappa shape index (κ2) is 9.56. The third kappa shape index (κ3) is 5.76. The summed E-state index contributed by atoms with van der Waals surface area (Å²) in [5, 5.41) is 15.3. The second-order valence-corrected chi connectivity index (χ2v) is 9.42. The molecule has 0 bridgehead atoms. The number of nitrogens with one attached hydrogen (secondary N) is 2. The summed E-state index contributed by atoms with van der Waals surface area (Å²) in [6.45, 7) is 12.0. The van der Waals surface area contributed by atoms with Crippen LogP contribution in [0, 0.1) is 12.3 Å². The summed E-state index contributed by atoms with van der Waals surface area (Å²) in [5.74, 6) is 0. The summed E-state index contributed by atoms with van der Waals surface area (Å²) in [5.41, 5.74) is 3.11. The third-order valence-electron chi connectivity index (χ3n) is 6.00. The number of hydrogen-bond donors (Lipinski definition) is 3. The van der Waals surface area contributed by atoms with Crippen molar-refractivity contribution in [2.24, 2.45) is 5.41 Å². The van der Waals surface area contributed by atoms with Crippen LogP contribution in [0.5, 0.6) is 0 Å². The number of carboxylic acid groups (broad SMARTS) is 1. The number of carbonyl (C=O) groups is 2. The molecular weight excluding hydrogens is 406 g/mol. The highest BCUT2D eigenvalue weighted by Crippen LogP contribution is 2.32. The lowest BCUT2D eigenvalue weighted by atomic mass is 9.84. The Kier molecular flexibility index (Phi) is 7.03. The molecule has 32 heavy (non-hydrogen) atoms. The lowest BCUT2D eigenvalue weighted by molar-refractivity contribution is 0.00820. The molecule has 172 valence electrons. The highest BCUT2D eigenvalue weighted by atomic mass is 16.4. The molecule has 1 unspecified atom stereocenters. The molecule has 1 aromatic heterocycles. The number of aromatic nitrogens is 1. The molecule has 0 saturated carbocycles. The van der Waals surface area contributed by atoms with Crippen LogP contribution in [0.2, 0.25) is 0 Å². The van der Waals surface area contributed by atoms with Crippen LogP contribution >= 0.6 is 0 Å². The number of anilines is 2. The summed E-state index contributed by atoms with van der Waals surface area (Å²) < 4.78 is 0. The van der Waals surface area contributed by atoms with Gasteiger partial charge in [0.05, 0.1) is 17.9 Å². The van der Waals surface area contributed by atoms with Crippen LogP contribution in [0.3, 0.4) is 0 Å². The van der Waals surface area contributed by atoms with Gasteiger partial charge >= 0.3 is 12.1 Å². The zero-order valence-electron chi connectivity index (χ0n) is 19.4. The lowest BCUT2D eigenvalue weighted by Gasteiger charge is -2.47. The number of urea groups is 1. The molecule has 2 heterocycles. The van der Waals surface area contributed by atoms with E-state index in [9.17, 15) is 14.7 Å². The van der Waals surface area contributed by atoms with E-state index in [4.69, 9.17) is 0 Å². The number of amides is 3. The van der Waals surface area contributed by atoms with Crippen molar-refractivity contribution >= 4 is 23.5 Å². The maximum atomic E-state index is 12.4. The lowest BCUT2D eigenvalue weighted by Crippen LogP contribution is -2.59. The first-order chi connectivity index (χ1) is 15.0. The van der Waals surface area contributed by atoms with E-state index in [1.807, 2.05) is 43.3 Å². The van der Waals surface area contributed by atoms with E-state index in [2.05, 4.69) is 48.2 Å². The van der Waals surface area contributed by atoms with Crippen molar-refractivity contribution < 1.29 is 14.7 Å². The molecule has 2 atom stereocenters. The zero-order valence-corrected chi connectivity index (χ0v) is 19.4. The Balaban J connectivity index is 1.68. The number of carbonyl (C=O) groups excluding carboxylic acids is 1. The van der Waals surface area contributed by atoms with Crippen molar-refractivity contribution in [3.05, 3.63) is 53.9 Å². The highest BCUT2D eigenvalue weighted by molar-refractivity contribution is 5.99. The zero-order chi connectivity index (χ0) is 23.5. The van der Waals surface area contributed by atoms with Crippen LogP contribution in [0.4, 0.5) is 21.0 Å². The summed E-state index contributed by atoms with van der Waals surface area (Å²) in [7, 11) is 0. The fraction of sp³-hybridized carbons (Fsp3) is 0.458. The van der Waals surface area contributed by atoms with Crippen molar-refractivity contribution in [2.75, 3.05) is 30.3 Å². The SMILES string of the molecule is Cc1ccc(NC(=O)Nc2cccc([C@H](C)N3CCN(C(=O)O)C(C(C)(C)C)C3)c2)cn1. The van der Waals surface area contributed by atoms with Gasteiger partial charge < -0.3 is 20.6 Å². The largest absolute Gasteiger partial charge is 0.465 e. The molecule has 1 aliphatic rings. The standard InChI is InChI=1S/C24H33N5O3/c1-16-9-10-20(14-25-16)27-22(30)26-19-8-6-7-18(13-19)17(2)28-11-12-29(23(31)32)21(15-28)24(3,4)5/h6-10,13-14,17,21H,11-12,15H2,1-5H3,(H,31,32)(H2,26,27,30)/t17-,21?/m0/s1. The predicted molar refractivity (Wildman–Crippen MR) is 126 cm³/mol. The van der Waals surface area contributed by atoms with Crippen LogP contribution in [0.1, 0.15) is 45.0 Å². The third-order valence-corrected chi connectivity index (χ3v) is 6.00. The van der Waals surface area contributed by atoms with E-state index in [0.717, 1.165) is 11.3 Å². The van der Waals surface area contributed by atoms with Gasteiger partial charge in [0.15, 0.2) is 0 Å². The van der Waals surface area contributed by atoms with Gasteiger partial charge in [-0.1, -0.05) is 32.9 Å². The fourth-order valence-electron chi connectivity index (χ4n) is 4.05. The van der Waals surface area contributed by atoms with Gasteiger partial charge in [-0.3, -0.25) is 9.88 Å². The molecule has 8 nitrogen and oxygen atoms in total. The first-order valence-electron chi connectivity index (χ1n) is 10.9. The van der Waals surface area contributed by atoms with Gasteiger partial charge in [0.25, 0.3) is 0 Å². The van der Waals surface area contributed by atoms with Crippen molar-refractivity contribution in [3.8, 4) is 0 Å². The Labute approximate surface area is 189 Å². The summed E-state index contributed by atoms with van der Waals surface area (Å²) in [6.07, 6.45) is 0.758. The van der Waals surface area contributed by atoms with Gasteiger partial charge in [-0.15, -0.1) is 0 Å². The molecular formula is C24H33N5O3. The summed E-state index contributed by atoms with van der Waals surface area (Å²) >= 11 is 0. The van der Waals surface area contributed by atoms with E-state index in [1.54, 1.807) is 11.1 Å². The normalized spacial score (nSPS) is 18.2. The number of pyridine rings is 1. The van der Waals surface area contributed by atoms with Gasteiger partial charge in [0.1, 0.15) is 0 Å². The molecule has 3 rings (SSSR count). The first-order valence-corrected chi connectivity index (χ1v) is 10.9. The quantitative estimate of drug-likeness (QED) is 0.635. The summed E-state index contributed by atoms with van der Waals surface area (Å²) in [6, 6.07) is 11.1. The van der Waals surface area contributed by atoms with E-state index >= 15 is 0 Å². The molecule has 2 aromatic rings. The molecule has 1 aromatic carbocycles. The molecule has 3 N–H and O–H groups in total. The van der Waals surface area contributed by atoms with Gasteiger partial charge in [0.2, 0.25) is 0 Å². The van der Waals surface area contributed by atoms with Gasteiger partial charge in [-0.05, 0) is 49.1 Å². The topological polar surface area (TPSA) is 97.8 Å². The van der Waals surface area contributed by atoms with Crippen LogP contribution in [-0.2, 0) is 0 Å². The summed E-state index contributed by atoms with van der Waals surface area (Å²) in [4.78, 5) is 32.1. The molecule has 0 spiro atoms. The van der Waals surface area contributed by atoms with Gasteiger partial charge in [0, 0.05) is 37.1 Å². The van der Waals surface area contributed by atoms with Crippen molar-refractivity contribution in [3.63, 3.8) is 0 Å². The highest BCUT2D eigenvalue weighted by Gasteiger charge is 2.39. The average Bonchev–Trinajstić information content (AvgIpc) is 2.74.